The molecule has 21 heavy (non-hydrogen) atoms. The molecule has 0 aliphatic carbocycles. The fourth-order valence-electron chi connectivity index (χ4n) is 1.54. The first kappa shape index (κ1) is 16.7. The molecule has 1 aromatic rings. The van der Waals surface area contributed by atoms with Crippen molar-refractivity contribution in [3.05, 3.63) is 47.5 Å². The number of aliphatic carboxylic acids is 1. The Balaban J connectivity index is 2.57. The van der Waals surface area contributed by atoms with Gasteiger partial charge in [0.25, 0.3) is 5.91 Å². The molecule has 0 heterocycles. The Hall–Kier alpha value is -2.34. The molecule has 0 atom stereocenters. The summed E-state index contributed by atoms with van der Waals surface area (Å²) in [7, 11) is 0. The van der Waals surface area contributed by atoms with Crippen LogP contribution in [0.1, 0.15) is 10.4 Å². The quantitative estimate of drug-likeness (QED) is 0.740. The van der Waals surface area contributed by atoms with Gasteiger partial charge in [-0.25, -0.2) is 0 Å². The van der Waals surface area contributed by atoms with E-state index in [1.807, 2.05) is 0 Å². The summed E-state index contributed by atoms with van der Waals surface area (Å²) in [5.74, 6) is -2.07. The summed E-state index contributed by atoms with van der Waals surface area (Å²) in [6, 6.07) is 6.18. The lowest BCUT2D eigenvalue weighted by Gasteiger charge is -2.19. The first-order valence-corrected chi connectivity index (χ1v) is 6.46. The standard InChI is InChI=1S/C14H15ClN2O4/c1-2-7-17(9-13(19)20)12(18)8-16-14(21)10-3-5-11(15)6-4-10/h2-6H,1,7-9H2,(H,16,21)(H,19,20). The molecule has 0 bridgehead atoms. The van der Waals surface area contributed by atoms with Crippen molar-refractivity contribution in [3.8, 4) is 0 Å². The fourth-order valence-corrected chi connectivity index (χ4v) is 1.67. The predicted molar refractivity (Wildman–Crippen MR) is 78.2 cm³/mol. The van der Waals surface area contributed by atoms with E-state index in [0.717, 1.165) is 4.90 Å². The van der Waals surface area contributed by atoms with Crippen LogP contribution < -0.4 is 5.32 Å². The molecule has 1 aromatic carbocycles. The maximum Gasteiger partial charge on any atom is 0.323 e. The number of hydrogen-bond acceptors (Lipinski definition) is 3. The van der Waals surface area contributed by atoms with Crippen LogP contribution in [-0.4, -0.2) is 47.4 Å². The number of carbonyl (C=O) groups is 3. The smallest absolute Gasteiger partial charge is 0.323 e. The molecule has 0 saturated carbocycles. The zero-order valence-corrected chi connectivity index (χ0v) is 12.0. The molecular formula is C14H15ClN2O4. The molecule has 0 saturated heterocycles. The van der Waals surface area contributed by atoms with Crippen LogP contribution in [0.5, 0.6) is 0 Å². The summed E-state index contributed by atoms with van der Waals surface area (Å²) in [5.41, 5.74) is 0.362. The van der Waals surface area contributed by atoms with Gasteiger partial charge in [0.05, 0.1) is 6.54 Å². The van der Waals surface area contributed by atoms with Gasteiger partial charge >= 0.3 is 5.97 Å². The van der Waals surface area contributed by atoms with Gasteiger partial charge in [-0.05, 0) is 24.3 Å². The second-order valence-electron chi connectivity index (χ2n) is 4.15. The molecule has 0 fully saturated rings. The van der Waals surface area contributed by atoms with E-state index in [9.17, 15) is 14.4 Å². The van der Waals surface area contributed by atoms with E-state index >= 15 is 0 Å². The van der Waals surface area contributed by atoms with Crippen LogP contribution >= 0.6 is 11.6 Å². The average molecular weight is 311 g/mol. The minimum Gasteiger partial charge on any atom is -0.480 e. The Bertz CT molecular complexity index is 542. The highest BCUT2D eigenvalue weighted by atomic mass is 35.5. The van der Waals surface area contributed by atoms with Gasteiger partial charge in [-0.15, -0.1) is 6.58 Å². The SMILES string of the molecule is C=CCN(CC(=O)O)C(=O)CNC(=O)c1ccc(Cl)cc1. The number of nitrogens with one attached hydrogen (secondary N) is 1. The first-order valence-electron chi connectivity index (χ1n) is 6.08. The monoisotopic (exact) mass is 310 g/mol. The Morgan fingerprint density at radius 3 is 2.43 bits per heavy atom. The zero-order chi connectivity index (χ0) is 15.8. The fraction of sp³-hybridized carbons (Fsp3) is 0.214. The van der Waals surface area contributed by atoms with Crippen LogP contribution in [0.4, 0.5) is 0 Å². The van der Waals surface area contributed by atoms with Crippen molar-refractivity contribution in [1.29, 1.82) is 0 Å². The summed E-state index contributed by atoms with van der Waals surface area (Å²) in [6.45, 7) is 2.82. The van der Waals surface area contributed by atoms with Gasteiger partial charge in [-0.2, -0.15) is 0 Å². The number of hydrogen-bond donors (Lipinski definition) is 2. The number of carboxylic acids is 1. The molecule has 0 radical (unpaired) electrons. The highest BCUT2D eigenvalue weighted by molar-refractivity contribution is 6.30. The molecule has 0 unspecified atom stereocenters. The second kappa shape index (κ2) is 8.06. The van der Waals surface area contributed by atoms with Crippen molar-refractivity contribution < 1.29 is 19.5 Å². The van der Waals surface area contributed by atoms with Crippen LogP contribution in [0.25, 0.3) is 0 Å². The van der Waals surface area contributed by atoms with E-state index < -0.39 is 24.3 Å². The minimum absolute atomic E-state index is 0.0992. The van der Waals surface area contributed by atoms with E-state index in [0.29, 0.717) is 10.6 Å². The first-order chi connectivity index (χ1) is 9.93. The van der Waals surface area contributed by atoms with Gasteiger partial charge in [-0.1, -0.05) is 17.7 Å². The third-order valence-electron chi connectivity index (χ3n) is 2.53. The molecule has 7 heteroatoms. The highest BCUT2D eigenvalue weighted by Gasteiger charge is 2.16. The van der Waals surface area contributed by atoms with Crippen molar-refractivity contribution in [2.45, 2.75) is 0 Å². The van der Waals surface area contributed by atoms with Gasteiger partial charge in [0.1, 0.15) is 6.54 Å². The Labute approximate surface area is 127 Å². The van der Waals surface area contributed by atoms with Crippen molar-refractivity contribution in [2.75, 3.05) is 19.6 Å². The van der Waals surface area contributed by atoms with E-state index in [4.69, 9.17) is 16.7 Å². The number of nitrogens with zero attached hydrogens (tertiary/aromatic N) is 1. The van der Waals surface area contributed by atoms with Crippen molar-refractivity contribution in [2.24, 2.45) is 0 Å². The van der Waals surface area contributed by atoms with E-state index in [-0.39, 0.29) is 13.1 Å². The third kappa shape index (κ3) is 5.66. The van der Waals surface area contributed by atoms with Crippen molar-refractivity contribution in [1.82, 2.24) is 10.2 Å². The number of carbonyl (C=O) groups excluding carboxylic acids is 2. The molecule has 112 valence electrons. The molecule has 0 aliphatic heterocycles. The number of halogens is 1. The summed E-state index contributed by atoms with van der Waals surface area (Å²) in [4.78, 5) is 35.4. The molecule has 0 aromatic heterocycles. The summed E-state index contributed by atoms with van der Waals surface area (Å²) >= 11 is 5.71. The predicted octanol–water partition coefficient (Wildman–Crippen LogP) is 1.17. The van der Waals surface area contributed by atoms with E-state index in [1.165, 1.54) is 18.2 Å². The highest BCUT2D eigenvalue weighted by Crippen LogP contribution is 2.09. The zero-order valence-electron chi connectivity index (χ0n) is 11.2. The summed E-state index contributed by atoms with van der Waals surface area (Å²) in [6.07, 6.45) is 1.42. The van der Waals surface area contributed by atoms with Gasteiger partial charge in [0.2, 0.25) is 5.91 Å². The molecule has 1 rings (SSSR count). The molecule has 2 amide bonds. The van der Waals surface area contributed by atoms with Gasteiger partial charge in [0, 0.05) is 17.1 Å². The second-order valence-corrected chi connectivity index (χ2v) is 4.58. The van der Waals surface area contributed by atoms with Gasteiger partial charge in [-0.3, -0.25) is 14.4 Å². The molecule has 0 spiro atoms. The molecular weight excluding hydrogens is 296 g/mol. The number of carboxylic acid groups (broad SMARTS) is 1. The lowest BCUT2D eigenvalue weighted by Crippen LogP contribution is -2.42. The lowest BCUT2D eigenvalue weighted by atomic mass is 10.2. The topological polar surface area (TPSA) is 86.7 Å². The van der Waals surface area contributed by atoms with Crippen LogP contribution in [0.3, 0.4) is 0 Å². The molecule has 2 N–H and O–H groups in total. The summed E-state index contributed by atoms with van der Waals surface area (Å²) in [5, 5.41) is 11.6. The lowest BCUT2D eigenvalue weighted by molar-refractivity contribution is -0.143. The van der Waals surface area contributed by atoms with Crippen LogP contribution in [-0.2, 0) is 9.59 Å². The maximum absolute atomic E-state index is 11.8. The normalized spacial score (nSPS) is 9.76. The molecule has 0 aliphatic rings. The van der Waals surface area contributed by atoms with Crippen LogP contribution in [0, 0.1) is 0 Å². The van der Waals surface area contributed by atoms with Gasteiger partial charge in [0.15, 0.2) is 0 Å². The maximum atomic E-state index is 11.8. The van der Waals surface area contributed by atoms with Gasteiger partial charge < -0.3 is 15.3 Å². The van der Waals surface area contributed by atoms with E-state index in [2.05, 4.69) is 11.9 Å². The average Bonchev–Trinajstić information content (AvgIpc) is 2.44. The minimum atomic E-state index is -1.13. The van der Waals surface area contributed by atoms with Crippen molar-refractivity contribution >= 4 is 29.4 Å². The Kier molecular flexibility index (Phi) is 6.42. The summed E-state index contributed by atoms with van der Waals surface area (Å²) < 4.78 is 0. The van der Waals surface area contributed by atoms with Crippen molar-refractivity contribution in [3.63, 3.8) is 0 Å². The number of rotatable bonds is 7. The third-order valence-corrected chi connectivity index (χ3v) is 2.79. The van der Waals surface area contributed by atoms with E-state index in [1.54, 1.807) is 12.1 Å². The molecule has 6 nitrogen and oxygen atoms in total. The number of benzene rings is 1. The Morgan fingerprint density at radius 2 is 1.90 bits per heavy atom. The number of amides is 2. The Morgan fingerprint density at radius 1 is 1.29 bits per heavy atom. The largest absolute Gasteiger partial charge is 0.480 e. The van der Waals surface area contributed by atoms with Crippen LogP contribution in [0.2, 0.25) is 5.02 Å². The van der Waals surface area contributed by atoms with Crippen LogP contribution in [0.15, 0.2) is 36.9 Å².